The molecule has 0 aromatic rings. The number of aliphatic hydroxyl groups excluding tert-OH is 2. The Labute approximate surface area is 139 Å². The molecule has 23 heavy (non-hydrogen) atoms. The molecule has 0 aromatic heterocycles. The average Bonchev–Trinajstić information content (AvgIpc) is 2.83. The molecule has 7 atom stereocenters. The Morgan fingerprint density at radius 1 is 1.13 bits per heavy atom. The topological polar surface area (TPSA) is 49.7 Å². The third-order valence-electron chi connectivity index (χ3n) is 7.93. The van der Waals surface area contributed by atoms with Gasteiger partial charge in [-0.25, -0.2) is 0 Å². The maximum absolute atomic E-state index is 10.4. The fraction of sp³-hybridized carbons (Fsp3) is 0.800. The average molecular weight is 318 g/mol. The molecule has 2 fully saturated rings. The first kappa shape index (κ1) is 15.7. The van der Waals surface area contributed by atoms with Crippen molar-refractivity contribution in [1.82, 2.24) is 0 Å². The number of allylic oxidation sites excluding steroid dienone is 2. The number of rotatable bonds is 1. The zero-order chi connectivity index (χ0) is 16.4. The van der Waals surface area contributed by atoms with Crippen LogP contribution in [0, 0.1) is 28.6 Å². The minimum Gasteiger partial charge on any atom is -0.512 e. The monoisotopic (exact) mass is 318 g/mol. The van der Waals surface area contributed by atoms with Gasteiger partial charge in [0.05, 0.1) is 18.0 Å². The van der Waals surface area contributed by atoms with Crippen LogP contribution in [0.25, 0.3) is 0 Å². The Kier molecular flexibility index (Phi) is 3.48. The van der Waals surface area contributed by atoms with Crippen molar-refractivity contribution in [3.05, 3.63) is 23.5 Å². The predicted molar refractivity (Wildman–Crippen MR) is 90.0 cm³/mol. The van der Waals surface area contributed by atoms with Gasteiger partial charge in [-0.3, -0.25) is 0 Å². The van der Waals surface area contributed by atoms with Crippen LogP contribution in [0.15, 0.2) is 23.5 Å². The van der Waals surface area contributed by atoms with Gasteiger partial charge in [0.2, 0.25) is 0 Å². The van der Waals surface area contributed by atoms with Crippen molar-refractivity contribution in [2.45, 2.75) is 64.6 Å². The second-order valence-corrected chi connectivity index (χ2v) is 8.77. The van der Waals surface area contributed by atoms with Gasteiger partial charge in [0.15, 0.2) is 0 Å². The summed E-state index contributed by atoms with van der Waals surface area (Å²) < 4.78 is 5.95. The standard InChI is InChI=1S/C20H30O3/c1-19-8-6-13(21)10-12(19)11-16(23-3)18-14-4-5-17(22)20(14,2)9-7-15(18)19/h5,10,13-16,18,21-22H,4,6-9,11H2,1-3H3/t13-,14-,15-,16-,18-,19-,20-/m0/s1. The van der Waals surface area contributed by atoms with Crippen molar-refractivity contribution in [3.8, 4) is 0 Å². The lowest BCUT2D eigenvalue weighted by Gasteiger charge is -2.59. The highest BCUT2D eigenvalue weighted by Gasteiger charge is 2.60. The molecular formula is C20H30O3. The van der Waals surface area contributed by atoms with E-state index in [4.69, 9.17) is 4.74 Å². The van der Waals surface area contributed by atoms with Gasteiger partial charge < -0.3 is 14.9 Å². The molecule has 4 rings (SSSR count). The van der Waals surface area contributed by atoms with E-state index in [-0.39, 0.29) is 23.0 Å². The summed E-state index contributed by atoms with van der Waals surface area (Å²) >= 11 is 0. The third-order valence-corrected chi connectivity index (χ3v) is 7.93. The molecule has 128 valence electrons. The van der Waals surface area contributed by atoms with Gasteiger partial charge in [0, 0.05) is 12.5 Å². The number of methoxy groups -OCH3 is 1. The van der Waals surface area contributed by atoms with E-state index in [9.17, 15) is 10.2 Å². The molecule has 0 bridgehead atoms. The molecule has 4 aliphatic carbocycles. The number of hydrogen-bond acceptors (Lipinski definition) is 3. The molecule has 0 radical (unpaired) electrons. The van der Waals surface area contributed by atoms with Crippen molar-refractivity contribution < 1.29 is 14.9 Å². The zero-order valence-electron chi connectivity index (χ0n) is 14.6. The molecule has 0 unspecified atom stereocenters. The maximum Gasteiger partial charge on any atom is 0.0944 e. The molecule has 3 nitrogen and oxygen atoms in total. The molecule has 4 aliphatic rings. The normalized spacial score (nSPS) is 52.1. The van der Waals surface area contributed by atoms with Crippen molar-refractivity contribution in [2.75, 3.05) is 7.11 Å². The van der Waals surface area contributed by atoms with Gasteiger partial charge in [-0.05, 0) is 67.8 Å². The highest BCUT2D eigenvalue weighted by Crippen LogP contribution is 2.65. The summed E-state index contributed by atoms with van der Waals surface area (Å²) in [4.78, 5) is 0. The Morgan fingerprint density at radius 2 is 1.87 bits per heavy atom. The summed E-state index contributed by atoms with van der Waals surface area (Å²) in [6.45, 7) is 4.66. The number of ether oxygens (including phenoxy) is 1. The molecule has 0 aromatic carbocycles. The molecule has 0 aliphatic heterocycles. The Morgan fingerprint density at radius 3 is 2.61 bits per heavy atom. The van der Waals surface area contributed by atoms with E-state index in [1.165, 1.54) is 5.57 Å². The van der Waals surface area contributed by atoms with Crippen LogP contribution in [-0.4, -0.2) is 29.5 Å². The second kappa shape index (κ2) is 5.10. The summed E-state index contributed by atoms with van der Waals surface area (Å²) in [5, 5.41) is 20.5. The van der Waals surface area contributed by atoms with E-state index >= 15 is 0 Å². The molecule has 0 spiro atoms. The largest absolute Gasteiger partial charge is 0.512 e. The van der Waals surface area contributed by atoms with Gasteiger partial charge >= 0.3 is 0 Å². The van der Waals surface area contributed by atoms with Crippen LogP contribution < -0.4 is 0 Å². The molecule has 2 N–H and O–H groups in total. The summed E-state index contributed by atoms with van der Waals surface area (Å²) in [6, 6.07) is 0. The fourth-order valence-corrected chi connectivity index (χ4v) is 6.44. The number of aliphatic hydroxyl groups is 2. The van der Waals surface area contributed by atoms with Crippen LogP contribution in [0.2, 0.25) is 0 Å². The predicted octanol–water partition coefficient (Wildman–Crippen LogP) is 3.99. The summed E-state index contributed by atoms with van der Waals surface area (Å²) in [5.41, 5.74) is 1.57. The molecule has 0 amide bonds. The lowest BCUT2D eigenvalue weighted by Crippen LogP contribution is -2.55. The Balaban J connectivity index is 1.74. The molecule has 2 saturated carbocycles. The van der Waals surface area contributed by atoms with Crippen LogP contribution in [0.1, 0.15) is 52.4 Å². The molecule has 0 saturated heterocycles. The third kappa shape index (κ3) is 2.02. The SMILES string of the molecule is CO[C@H]1CC2=C[C@@H](O)CC[C@]2(C)[C@H]2CC[C@]3(C)C(O)=CC[C@H]3[C@H]12. The van der Waals surface area contributed by atoms with Crippen LogP contribution >= 0.6 is 0 Å². The maximum atomic E-state index is 10.4. The quantitative estimate of drug-likeness (QED) is 0.719. The van der Waals surface area contributed by atoms with E-state index in [2.05, 4.69) is 26.0 Å². The fourth-order valence-electron chi connectivity index (χ4n) is 6.44. The van der Waals surface area contributed by atoms with Crippen LogP contribution in [0.5, 0.6) is 0 Å². The van der Waals surface area contributed by atoms with Gasteiger partial charge in [-0.15, -0.1) is 0 Å². The lowest BCUT2D eigenvalue weighted by molar-refractivity contribution is -0.116. The highest BCUT2D eigenvalue weighted by atomic mass is 16.5. The zero-order valence-corrected chi connectivity index (χ0v) is 14.6. The molecule has 0 heterocycles. The Bertz CT molecular complexity index is 565. The first-order chi connectivity index (χ1) is 10.9. The van der Waals surface area contributed by atoms with E-state index < -0.39 is 0 Å². The van der Waals surface area contributed by atoms with Crippen LogP contribution in [0.4, 0.5) is 0 Å². The van der Waals surface area contributed by atoms with Crippen molar-refractivity contribution >= 4 is 0 Å². The van der Waals surface area contributed by atoms with E-state index in [1.54, 1.807) is 0 Å². The van der Waals surface area contributed by atoms with Crippen LogP contribution in [0.3, 0.4) is 0 Å². The van der Waals surface area contributed by atoms with E-state index in [1.807, 2.05) is 7.11 Å². The van der Waals surface area contributed by atoms with Crippen molar-refractivity contribution in [2.24, 2.45) is 28.6 Å². The van der Waals surface area contributed by atoms with E-state index in [0.29, 0.717) is 23.5 Å². The van der Waals surface area contributed by atoms with Gasteiger partial charge in [0.1, 0.15) is 0 Å². The van der Waals surface area contributed by atoms with Gasteiger partial charge in [-0.2, -0.15) is 0 Å². The summed E-state index contributed by atoms with van der Waals surface area (Å²) in [7, 11) is 1.83. The number of fused-ring (bicyclic) bond motifs is 5. The minimum atomic E-state index is -0.279. The Hall–Kier alpha value is -0.800. The highest BCUT2D eigenvalue weighted by molar-refractivity contribution is 5.29. The molecular weight excluding hydrogens is 288 g/mol. The van der Waals surface area contributed by atoms with Gasteiger partial charge in [-0.1, -0.05) is 25.5 Å². The number of hydrogen-bond donors (Lipinski definition) is 2. The van der Waals surface area contributed by atoms with Crippen LogP contribution in [-0.2, 0) is 4.74 Å². The smallest absolute Gasteiger partial charge is 0.0944 e. The van der Waals surface area contributed by atoms with E-state index in [0.717, 1.165) is 38.5 Å². The van der Waals surface area contributed by atoms with Crippen molar-refractivity contribution in [3.63, 3.8) is 0 Å². The van der Waals surface area contributed by atoms with Gasteiger partial charge in [0.25, 0.3) is 0 Å². The second-order valence-electron chi connectivity index (χ2n) is 8.77. The first-order valence-corrected chi connectivity index (χ1v) is 9.22. The first-order valence-electron chi connectivity index (χ1n) is 9.22. The lowest BCUT2D eigenvalue weighted by atomic mass is 9.46. The van der Waals surface area contributed by atoms with Crippen molar-refractivity contribution in [1.29, 1.82) is 0 Å². The molecule has 3 heteroatoms. The minimum absolute atomic E-state index is 0.0519. The summed E-state index contributed by atoms with van der Waals surface area (Å²) in [6.07, 6.45) is 10.2. The summed E-state index contributed by atoms with van der Waals surface area (Å²) in [5.74, 6) is 2.23.